The molecule has 4 rings (SSSR count). The first-order chi connectivity index (χ1) is 12.4. The zero-order valence-corrected chi connectivity index (χ0v) is 15.2. The monoisotopic (exact) mass is 399 g/mol. The van der Waals surface area contributed by atoms with E-state index in [1.807, 2.05) is 0 Å². The van der Waals surface area contributed by atoms with E-state index in [0.717, 1.165) is 17.7 Å². The maximum absolute atomic E-state index is 12.6. The van der Waals surface area contributed by atoms with Crippen LogP contribution in [0.4, 0.5) is 13.2 Å². The van der Waals surface area contributed by atoms with Gasteiger partial charge in [-0.25, -0.2) is 4.98 Å². The first-order valence-corrected chi connectivity index (χ1v) is 9.89. The Bertz CT molecular complexity index is 806. The van der Waals surface area contributed by atoms with Crippen LogP contribution in [-0.4, -0.2) is 29.0 Å². The van der Waals surface area contributed by atoms with Crippen LogP contribution in [0.3, 0.4) is 0 Å². The van der Waals surface area contributed by atoms with Gasteiger partial charge in [-0.05, 0) is 43.5 Å². The summed E-state index contributed by atoms with van der Waals surface area (Å²) in [5.74, 6) is -0.113. The molecule has 2 bridgehead atoms. The third-order valence-electron chi connectivity index (χ3n) is 4.68. The number of halogens is 3. The molecule has 9 heteroatoms. The maximum Gasteiger partial charge on any atom is 0.443 e. The standard InChI is InChI=1S/C17H16F3N3OS2/c18-17(19,20)16-21-8-14(26-16)25-11-4-1-9(2-5-11)15(24)23-13-7-10-3-6-12(13)22-10/h1-2,4-5,8,10,12-13,22H,3,6-7H2,(H,23,24). The summed E-state index contributed by atoms with van der Waals surface area (Å²) in [5, 5.41) is 5.70. The smallest absolute Gasteiger partial charge is 0.348 e. The fraction of sp³-hybridized carbons (Fsp3) is 0.412. The first kappa shape index (κ1) is 17.8. The van der Waals surface area contributed by atoms with Gasteiger partial charge in [-0.1, -0.05) is 11.8 Å². The molecule has 0 spiro atoms. The molecule has 2 aromatic rings. The van der Waals surface area contributed by atoms with Crippen LogP contribution in [0.1, 0.15) is 34.6 Å². The predicted octanol–water partition coefficient (Wildman–Crippen LogP) is 3.94. The summed E-state index contributed by atoms with van der Waals surface area (Å²) in [6.45, 7) is 0. The molecule has 3 heterocycles. The number of thiazole rings is 1. The molecule has 0 aliphatic carbocycles. The summed E-state index contributed by atoms with van der Waals surface area (Å²) in [7, 11) is 0. The Morgan fingerprint density at radius 1 is 1.27 bits per heavy atom. The fourth-order valence-electron chi connectivity index (χ4n) is 3.46. The van der Waals surface area contributed by atoms with Gasteiger partial charge in [0.15, 0.2) is 5.01 Å². The third-order valence-corrected chi connectivity index (χ3v) is 6.83. The lowest BCUT2D eigenvalue weighted by molar-refractivity contribution is -0.137. The van der Waals surface area contributed by atoms with Crippen LogP contribution in [0, 0.1) is 0 Å². The molecule has 0 radical (unpaired) electrons. The zero-order valence-electron chi connectivity index (χ0n) is 13.5. The fourth-order valence-corrected chi connectivity index (χ4v) is 5.28. The second-order valence-corrected chi connectivity index (χ2v) is 8.88. The number of nitrogens with one attached hydrogen (secondary N) is 2. The number of carbonyl (C=O) groups is 1. The lowest BCUT2D eigenvalue weighted by atomic mass is 9.95. The molecule has 1 aromatic carbocycles. The molecule has 2 N–H and O–H groups in total. The summed E-state index contributed by atoms with van der Waals surface area (Å²) in [5.41, 5.74) is 0.553. The minimum atomic E-state index is -4.42. The van der Waals surface area contributed by atoms with Crippen molar-refractivity contribution < 1.29 is 18.0 Å². The van der Waals surface area contributed by atoms with Gasteiger partial charge in [0, 0.05) is 28.6 Å². The van der Waals surface area contributed by atoms with Crippen molar-refractivity contribution in [1.29, 1.82) is 0 Å². The maximum atomic E-state index is 12.6. The highest BCUT2D eigenvalue weighted by atomic mass is 32.2. The number of carbonyl (C=O) groups excluding carboxylic acids is 1. The van der Waals surface area contributed by atoms with Crippen molar-refractivity contribution in [3.63, 3.8) is 0 Å². The van der Waals surface area contributed by atoms with Crippen LogP contribution < -0.4 is 10.6 Å². The number of rotatable bonds is 4. The Balaban J connectivity index is 1.37. The summed E-state index contributed by atoms with van der Waals surface area (Å²) in [6, 6.07) is 7.94. The quantitative estimate of drug-likeness (QED) is 0.818. The average Bonchev–Trinajstić information content (AvgIpc) is 3.31. The second-order valence-electron chi connectivity index (χ2n) is 6.47. The summed E-state index contributed by atoms with van der Waals surface area (Å²) in [6.07, 6.45) is 0.0503. The SMILES string of the molecule is O=C(NC1CC2CCC1N2)c1ccc(Sc2cnc(C(F)(F)F)s2)cc1. The van der Waals surface area contributed by atoms with E-state index < -0.39 is 11.2 Å². The number of benzene rings is 1. The van der Waals surface area contributed by atoms with Crippen LogP contribution in [0.2, 0.25) is 0 Å². The van der Waals surface area contributed by atoms with Gasteiger partial charge >= 0.3 is 6.18 Å². The molecule has 2 saturated heterocycles. The Kier molecular flexibility index (Phi) is 4.70. The molecule has 1 aromatic heterocycles. The zero-order chi connectivity index (χ0) is 18.3. The van der Waals surface area contributed by atoms with Crippen LogP contribution in [0.5, 0.6) is 0 Å². The number of nitrogens with zero attached hydrogens (tertiary/aromatic N) is 1. The van der Waals surface area contributed by atoms with E-state index in [1.54, 1.807) is 24.3 Å². The van der Waals surface area contributed by atoms with Crippen molar-refractivity contribution in [2.45, 2.75) is 52.7 Å². The van der Waals surface area contributed by atoms with Crippen molar-refractivity contribution in [1.82, 2.24) is 15.6 Å². The molecule has 3 unspecified atom stereocenters. The van der Waals surface area contributed by atoms with Gasteiger partial charge in [0.1, 0.15) is 0 Å². The Labute approximate surface area is 156 Å². The van der Waals surface area contributed by atoms with Gasteiger partial charge in [-0.3, -0.25) is 4.79 Å². The molecular weight excluding hydrogens is 383 g/mol. The predicted molar refractivity (Wildman–Crippen MR) is 93.5 cm³/mol. The van der Waals surface area contributed by atoms with Crippen LogP contribution in [0.15, 0.2) is 39.6 Å². The van der Waals surface area contributed by atoms with Crippen LogP contribution in [-0.2, 0) is 6.18 Å². The Morgan fingerprint density at radius 2 is 2.04 bits per heavy atom. The normalized spacial score (nSPS) is 24.8. The highest BCUT2D eigenvalue weighted by molar-refractivity contribution is 8.01. The number of hydrogen-bond donors (Lipinski definition) is 2. The lowest BCUT2D eigenvalue weighted by Crippen LogP contribution is -2.42. The minimum absolute atomic E-state index is 0.113. The molecular formula is C17H16F3N3OS2. The summed E-state index contributed by atoms with van der Waals surface area (Å²) >= 11 is 1.82. The molecule has 4 nitrogen and oxygen atoms in total. The van der Waals surface area contributed by atoms with E-state index in [0.29, 0.717) is 33.2 Å². The van der Waals surface area contributed by atoms with Gasteiger partial charge < -0.3 is 10.6 Å². The highest BCUT2D eigenvalue weighted by Crippen LogP contribution is 2.38. The van der Waals surface area contributed by atoms with Crippen molar-refractivity contribution in [3.8, 4) is 0 Å². The Morgan fingerprint density at radius 3 is 2.62 bits per heavy atom. The number of hydrogen-bond acceptors (Lipinski definition) is 5. The molecule has 3 atom stereocenters. The van der Waals surface area contributed by atoms with E-state index >= 15 is 0 Å². The van der Waals surface area contributed by atoms with E-state index in [4.69, 9.17) is 0 Å². The molecule has 2 fully saturated rings. The van der Waals surface area contributed by atoms with E-state index in [2.05, 4.69) is 15.6 Å². The first-order valence-electron chi connectivity index (χ1n) is 8.26. The molecule has 0 saturated carbocycles. The average molecular weight is 399 g/mol. The van der Waals surface area contributed by atoms with Crippen LogP contribution >= 0.6 is 23.1 Å². The van der Waals surface area contributed by atoms with Crippen LogP contribution in [0.25, 0.3) is 0 Å². The minimum Gasteiger partial charge on any atom is -0.348 e. The van der Waals surface area contributed by atoms with E-state index in [-0.39, 0.29) is 11.9 Å². The molecule has 2 aliphatic heterocycles. The third kappa shape index (κ3) is 3.74. The van der Waals surface area contributed by atoms with Gasteiger partial charge in [-0.2, -0.15) is 13.2 Å². The van der Waals surface area contributed by atoms with E-state index in [9.17, 15) is 18.0 Å². The number of fused-ring (bicyclic) bond motifs is 2. The van der Waals surface area contributed by atoms with Crippen molar-refractivity contribution in [2.75, 3.05) is 0 Å². The van der Waals surface area contributed by atoms with Crippen molar-refractivity contribution in [3.05, 3.63) is 41.0 Å². The topological polar surface area (TPSA) is 54.0 Å². The van der Waals surface area contributed by atoms with Gasteiger partial charge in [0.05, 0.1) is 10.4 Å². The van der Waals surface area contributed by atoms with E-state index in [1.165, 1.54) is 24.4 Å². The second kappa shape index (κ2) is 6.86. The van der Waals surface area contributed by atoms with Gasteiger partial charge in [0.25, 0.3) is 5.91 Å². The largest absolute Gasteiger partial charge is 0.443 e. The van der Waals surface area contributed by atoms with Gasteiger partial charge in [0.2, 0.25) is 0 Å². The summed E-state index contributed by atoms with van der Waals surface area (Å²) in [4.78, 5) is 16.6. The molecule has 138 valence electrons. The van der Waals surface area contributed by atoms with Crippen molar-refractivity contribution >= 4 is 29.0 Å². The molecule has 1 amide bonds. The summed E-state index contributed by atoms with van der Waals surface area (Å²) < 4.78 is 38.2. The number of amides is 1. The molecule has 26 heavy (non-hydrogen) atoms. The van der Waals surface area contributed by atoms with Crippen molar-refractivity contribution in [2.24, 2.45) is 0 Å². The number of alkyl halides is 3. The molecule has 2 aliphatic rings. The van der Waals surface area contributed by atoms with Gasteiger partial charge in [-0.15, -0.1) is 11.3 Å². The number of aromatic nitrogens is 1. The Hall–Kier alpha value is -1.58. The lowest BCUT2D eigenvalue weighted by Gasteiger charge is -2.21. The highest BCUT2D eigenvalue weighted by Gasteiger charge is 2.39.